The molecule has 6 nitrogen and oxygen atoms in total. The van der Waals surface area contributed by atoms with Crippen LogP contribution in [0.2, 0.25) is 0 Å². The molecule has 0 unspecified atom stereocenters. The molecule has 0 aromatic carbocycles. The molecule has 1 rings (SSSR count). The molecule has 1 fully saturated rings. The lowest BCUT2D eigenvalue weighted by molar-refractivity contribution is -0.139. The number of carbonyl (C=O) groups is 2. The number of ether oxygens (including phenoxy) is 2. The average molecular weight is 413 g/mol. The van der Waals surface area contributed by atoms with E-state index in [1.54, 1.807) is 0 Å². The molecule has 170 valence electrons. The summed E-state index contributed by atoms with van der Waals surface area (Å²) in [6, 6.07) is 0. The average Bonchev–Trinajstić information content (AvgIpc) is 2.68. The van der Waals surface area contributed by atoms with Crippen LogP contribution in [0.3, 0.4) is 0 Å². The van der Waals surface area contributed by atoms with Crippen molar-refractivity contribution in [3.05, 3.63) is 0 Å². The molecule has 1 saturated heterocycles. The van der Waals surface area contributed by atoms with Crippen LogP contribution in [0.1, 0.15) is 79.1 Å². The molecular weight excluding hydrogens is 368 g/mol. The smallest absolute Gasteiger partial charge is 0.248 e. The van der Waals surface area contributed by atoms with Gasteiger partial charge in [-0.1, -0.05) is 66.2 Å². The van der Waals surface area contributed by atoms with Gasteiger partial charge in [0.1, 0.15) is 13.2 Å². The van der Waals surface area contributed by atoms with Crippen LogP contribution in [0.4, 0.5) is 0 Å². The largest absolute Gasteiger partial charge is 0.371 e. The van der Waals surface area contributed by atoms with Crippen molar-refractivity contribution in [1.82, 2.24) is 9.80 Å². The number of hydrogen-bond acceptors (Lipinski definition) is 4. The van der Waals surface area contributed by atoms with E-state index in [0.717, 1.165) is 38.8 Å². The molecule has 0 bridgehead atoms. The van der Waals surface area contributed by atoms with Crippen LogP contribution in [-0.2, 0) is 19.1 Å². The highest BCUT2D eigenvalue weighted by Crippen LogP contribution is 2.16. The van der Waals surface area contributed by atoms with E-state index >= 15 is 0 Å². The SMILES string of the molecule is CCCCCCN1CCN(CCCCCC)C(=O)COCC(C)(C)COCC1=O. The van der Waals surface area contributed by atoms with E-state index in [0.29, 0.717) is 26.3 Å². The van der Waals surface area contributed by atoms with Gasteiger partial charge in [0.15, 0.2) is 0 Å². The van der Waals surface area contributed by atoms with E-state index in [9.17, 15) is 9.59 Å². The van der Waals surface area contributed by atoms with Crippen LogP contribution in [0, 0.1) is 5.41 Å². The first-order valence-electron chi connectivity index (χ1n) is 11.6. The van der Waals surface area contributed by atoms with E-state index in [2.05, 4.69) is 13.8 Å². The number of amides is 2. The minimum Gasteiger partial charge on any atom is -0.371 e. The second-order valence-corrected chi connectivity index (χ2v) is 9.03. The summed E-state index contributed by atoms with van der Waals surface area (Å²) in [6.45, 7) is 12.1. The van der Waals surface area contributed by atoms with Gasteiger partial charge in [0.25, 0.3) is 0 Å². The minimum absolute atomic E-state index is 0.0239. The zero-order valence-electron chi connectivity index (χ0n) is 19.3. The zero-order chi connectivity index (χ0) is 21.5. The maximum atomic E-state index is 12.7. The van der Waals surface area contributed by atoms with Gasteiger partial charge in [0, 0.05) is 31.6 Å². The minimum atomic E-state index is -0.230. The van der Waals surface area contributed by atoms with Gasteiger partial charge in [-0.2, -0.15) is 0 Å². The first-order valence-corrected chi connectivity index (χ1v) is 11.6. The highest BCUT2D eigenvalue weighted by Gasteiger charge is 2.24. The standard InChI is InChI=1S/C23H44N2O4/c1-5-7-9-11-13-24-15-16-25(14-12-10-8-6-2)22(27)18-29-20-23(3,4)19-28-17-21(24)26/h5-20H2,1-4H3. The fourth-order valence-electron chi connectivity index (χ4n) is 3.48. The predicted molar refractivity (Wildman–Crippen MR) is 117 cm³/mol. The van der Waals surface area contributed by atoms with Crippen LogP contribution < -0.4 is 0 Å². The van der Waals surface area contributed by atoms with Gasteiger partial charge in [0.2, 0.25) is 11.8 Å². The lowest BCUT2D eigenvalue weighted by Gasteiger charge is -2.28. The van der Waals surface area contributed by atoms with E-state index in [4.69, 9.17) is 9.47 Å². The first-order chi connectivity index (χ1) is 13.9. The van der Waals surface area contributed by atoms with Crippen LogP contribution in [0.25, 0.3) is 0 Å². The van der Waals surface area contributed by atoms with Gasteiger partial charge in [-0.15, -0.1) is 0 Å². The Kier molecular flexibility index (Phi) is 13.2. The van der Waals surface area contributed by atoms with Gasteiger partial charge < -0.3 is 19.3 Å². The summed E-state index contributed by atoms with van der Waals surface area (Å²) in [5, 5.41) is 0. The van der Waals surface area contributed by atoms with Crippen molar-refractivity contribution in [3.8, 4) is 0 Å². The molecule has 0 atom stereocenters. The summed E-state index contributed by atoms with van der Waals surface area (Å²) in [6.07, 6.45) is 8.97. The van der Waals surface area contributed by atoms with Gasteiger partial charge in [0.05, 0.1) is 13.2 Å². The highest BCUT2D eigenvalue weighted by molar-refractivity contribution is 5.78. The molecule has 1 aliphatic heterocycles. The maximum Gasteiger partial charge on any atom is 0.248 e. The highest BCUT2D eigenvalue weighted by atomic mass is 16.5. The quantitative estimate of drug-likeness (QED) is 0.511. The summed E-state index contributed by atoms with van der Waals surface area (Å²) in [5.74, 6) is 0.0479. The molecule has 29 heavy (non-hydrogen) atoms. The van der Waals surface area contributed by atoms with Gasteiger partial charge >= 0.3 is 0 Å². The van der Waals surface area contributed by atoms with Crippen molar-refractivity contribution in [1.29, 1.82) is 0 Å². The molecule has 0 aromatic rings. The second kappa shape index (κ2) is 14.8. The van der Waals surface area contributed by atoms with Crippen molar-refractivity contribution < 1.29 is 19.1 Å². The topological polar surface area (TPSA) is 59.1 Å². The van der Waals surface area contributed by atoms with Crippen molar-refractivity contribution in [3.63, 3.8) is 0 Å². The molecule has 0 aromatic heterocycles. The van der Waals surface area contributed by atoms with Gasteiger partial charge in [-0.05, 0) is 12.8 Å². The fraction of sp³-hybridized carbons (Fsp3) is 0.913. The summed E-state index contributed by atoms with van der Waals surface area (Å²) in [4.78, 5) is 29.3. The van der Waals surface area contributed by atoms with E-state index in [1.165, 1.54) is 25.7 Å². The number of carbonyl (C=O) groups excluding carboxylic acids is 2. The third-order valence-electron chi connectivity index (χ3n) is 5.35. The normalized spacial score (nSPS) is 19.6. The van der Waals surface area contributed by atoms with Gasteiger partial charge in [-0.25, -0.2) is 0 Å². The van der Waals surface area contributed by atoms with E-state index in [1.807, 2.05) is 23.6 Å². The monoisotopic (exact) mass is 412 g/mol. The van der Waals surface area contributed by atoms with Crippen LogP contribution >= 0.6 is 0 Å². The van der Waals surface area contributed by atoms with Crippen molar-refractivity contribution in [2.45, 2.75) is 79.1 Å². The predicted octanol–water partition coefficient (Wildman–Crippen LogP) is 3.88. The molecular formula is C23H44N2O4. The third-order valence-corrected chi connectivity index (χ3v) is 5.35. The van der Waals surface area contributed by atoms with Crippen LogP contribution in [-0.4, -0.2) is 74.2 Å². The third kappa shape index (κ3) is 11.6. The summed E-state index contributed by atoms with van der Waals surface area (Å²) >= 11 is 0. The second-order valence-electron chi connectivity index (χ2n) is 9.03. The molecule has 6 heteroatoms. The number of nitrogens with zero attached hydrogens (tertiary/aromatic N) is 2. The molecule has 0 radical (unpaired) electrons. The summed E-state index contributed by atoms with van der Waals surface area (Å²) in [7, 11) is 0. The Balaban J connectivity index is 2.77. The molecule has 0 spiro atoms. The zero-order valence-corrected chi connectivity index (χ0v) is 19.3. The fourth-order valence-corrected chi connectivity index (χ4v) is 3.48. The van der Waals surface area contributed by atoms with Crippen molar-refractivity contribution in [2.24, 2.45) is 5.41 Å². The Hall–Kier alpha value is -1.14. The van der Waals surface area contributed by atoms with E-state index < -0.39 is 0 Å². The Labute approximate surface area is 178 Å². The Morgan fingerprint density at radius 1 is 0.724 bits per heavy atom. The summed E-state index contributed by atoms with van der Waals surface area (Å²) in [5.41, 5.74) is -0.230. The number of rotatable bonds is 10. The Morgan fingerprint density at radius 2 is 1.14 bits per heavy atom. The lowest BCUT2D eigenvalue weighted by atomic mass is 9.96. The summed E-state index contributed by atoms with van der Waals surface area (Å²) < 4.78 is 11.4. The maximum absolute atomic E-state index is 12.7. The molecule has 1 aliphatic rings. The van der Waals surface area contributed by atoms with Crippen molar-refractivity contribution in [2.75, 3.05) is 52.6 Å². The molecule has 1 heterocycles. The Morgan fingerprint density at radius 3 is 1.52 bits per heavy atom. The number of unbranched alkanes of at least 4 members (excludes halogenated alkanes) is 6. The van der Waals surface area contributed by atoms with Crippen LogP contribution in [0.5, 0.6) is 0 Å². The molecule has 0 saturated carbocycles. The molecule has 0 N–H and O–H groups in total. The first kappa shape index (κ1) is 25.9. The van der Waals surface area contributed by atoms with Gasteiger partial charge in [-0.3, -0.25) is 9.59 Å². The Bertz CT molecular complexity index is 428. The number of hydrogen-bond donors (Lipinski definition) is 0. The van der Waals surface area contributed by atoms with E-state index in [-0.39, 0.29) is 30.4 Å². The lowest BCUT2D eigenvalue weighted by Crippen LogP contribution is -2.44. The van der Waals surface area contributed by atoms with Crippen LogP contribution in [0.15, 0.2) is 0 Å². The van der Waals surface area contributed by atoms with Crippen molar-refractivity contribution >= 4 is 11.8 Å². The molecule has 0 aliphatic carbocycles. The molecule has 2 amide bonds.